The molecule has 0 radical (unpaired) electrons. The number of nitrogens with one attached hydrogen (secondary N) is 2. The Hall–Kier alpha value is -4.18. The van der Waals surface area contributed by atoms with Crippen LogP contribution in [0, 0.1) is 0 Å². The minimum Gasteiger partial charge on any atom is -0.350 e. The summed E-state index contributed by atoms with van der Waals surface area (Å²) in [5.41, 5.74) is 4.30. The number of amides is 2. The molecule has 158 valence electrons. The molecule has 0 aromatic heterocycles. The van der Waals surface area contributed by atoms with Crippen LogP contribution in [0.4, 0.5) is 0 Å². The Morgan fingerprint density at radius 2 is 1.03 bits per heavy atom. The van der Waals surface area contributed by atoms with E-state index in [4.69, 9.17) is 0 Å². The van der Waals surface area contributed by atoms with Crippen LogP contribution >= 0.6 is 0 Å². The van der Waals surface area contributed by atoms with Gasteiger partial charge in [-0.1, -0.05) is 91.0 Å². The maximum Gasteiger partial charge on any atom is 0.251 e. The second kappa shape index (κ2) is 10.2. The third kappa shape index (κ3) is 5.29. The summed E-state index contributed by atoms with van der Waals surface area (Å²) in [6, 6.07) is 35.9. The molecular weight excluding hydrogens is 396 g/mol. The highest BCUT2D eigenvalue weighted by Gasteiger charge is 2.17. The smallest absolute Gasteiger partial charge is 0.251 e. The number of hydrogen-bond acceptors (Lipinski definition) is 2. The summed E-state index contributed by atoms with van der Waals surface area (Å²) >= 11 is 0. The molecule has 4 heteroatoms. The highest BCUT2D eigenvalue weighted by molar-refractivity contribution is 5.95. The van der Waals surface area contributed by atoms with E-state index in [1.807, 2.05) is 78.9 Å². The minimum absolute atomic E-state index is 0.175. The van der Waals surface area contributed by atoms with Crippen molar-refractivity contribution in [3.63, 3.8) is 0 Å². The van der Waals surface area contributed by atoms with E-state index in [-0.39, 0.29) is 24.4 Å². The second-order valence-electron chi connectivity index (χ2n) is 7.46. The van der Waals surface area contributed by atoms with Crippen molar-refractivity contribution < 1.29 is 9.59 Å². The molecule has 32 heavy (non-hydrogen) atoms. The molecule has 0 aliphatic heterocycles. The summed E-state index contributed by atoms with van der Waals surface area (Å²) in [4.78, 5) is 25.4. The number of rotatable bonds is 7. The largest absolute Gasteiger partial charge is 0.350 e. The van der Waals surface area contributed by atoms with E-state index in [2.05, 4.69) is 22.8 Å². The molecule has 2 amide bonds. The number of hydrogen-bond donors (Lipinski definition) is 2. The average molecular weight is 421 g/mol. The first-order valence-electron chi connectivity index (χ1n) is 10.6. The molecule has 1 unspecified atom stereocenters. The fraction of sp³-hybridized carbons (Fsp3) is 0.0714. The molecule has 0 saturated carbocycles. The molecule has 0 aliphatic rings. The number of carbonyl (C=O) groups excluding carboxylic acids is 2. The van der Waals surface area contributed by atoms with Crippen LogP contribution < -0.4 is 10.6 Å². The molecule has 0 aliphatic carbocycles. The first kappa shape index (κ1) is 21.1. The van der Waals surface area contributed by atoms with E-state index >= 15 is 0 Å². The predicted octanol–water partition coefficient (Wildman–Crippen LogP) is 5.25. The zero-order chi connectivity index (χ0) is 22.2. The number of carbonyl (C=O) groups is 2. The molecule has 4 aromatic carbocycles. The van der Waals surface area contributed by atoms with Gasteiger partial charge in [-0.2, -0.15) is 0 Å². The Kier molecular flexibility index (Phi) is 6.73. The van der Waals surface area contributed by atoms with Gasteiger partial charge in [0.25, 0.3) is 11.8 Å². The summed E-state index contributed by atoms with van der Waals surface area (Å²) < 4.78 is 0. The van der Waals surface area contributed by atoms with E-state index < -0.39 is 0 Å². The fourth-order valence-electron chi connectivity index (χ4n) is 3.51. The van der Waals surface area contributed by atoms with Crippen molar-refractivity contribution >= 4 is 11.8 Å². The van der Waals surface area contributed by atoms with Crippen molar-refractivity contribution in [2.24, 2.45) is 0 Å². The van der Waals surface area contributed by atoms with Crippen LogP contribution in [0.15, 0.2) is 115 Å². The SMILES string of the molecule is O=C(NCC(NC(=O)c1ccccc1)c1ccc(-c2ccccc2)cc1)c1ccccc1. The van der Waals surface area contributed by atoms with Crippen molar-refractivity contribution in [2.45, 2.75) is 6.04 Å². The van der Waals surface area contributed by atoms with E-state index in [0.717, 1.165) is 16.7 Å². The molecule has 0 saturated heterocycles. The highest BCUT2D eigenvalue weighted by atomic mass is 16.2. The second-order valence-corrected chi connectivity index (χ2v) is 7.46. The summed E-state index contributed by atoms with van der Waals surface area (Å²) in [6.45, 7) is 0.275. The Bertz CT molecular complexity index is 1160. The number of benzene rings is 4. The monoisotopic (exact) mass is 420 g/mol. The lowest BCUT2D eigenvalue weighted by Crippen LogP contribution is -2.38. The van der Waals surface area contributed by atoms with Crippen LogP contribution in [0.1, 0.15) is 32.3 Å². The van der Waals surface area contributed by atoms with Crippen molar-refractivity contribution in [1.29, 1.82) is 0 Å². The van der Waals surface area contributed by atoms with Crippen molar-refractivity contribution in [3.8, 4) is 11.1 Å². The topological polar surface area (TPSA) is 58.2 Å². The minimum atomic E-state index is -0.375. The Morgan fingerprint density at radius 3 is 1.59 bits per heavy atom. The Labute approximate surface area is 187 Å². The Balaban J connectivity index is 1.53. The predicted molar refractivity (Wildman–Crippen MR) is 127 cm³/mol. The lowest BCUT2D eigenvalue weighted by Gasteiger charge is -2.20. The van der Waals surface area contributed by atoms with E-state index in [9.17, 15) is 9.59 Å². The molecule has 4 nitrogen and oxygen atoms in total. The quantitative estimate of drug-likeness (QED) is 0.429. The molecule has 0 spiro atoms. The van der Waals surface area contributed by atoms with Gasteiger partial charge in [-0.05, 0) is 41.0 Å². The summed E-state index contributed by atoms with van der Waals surface area (Å²) in [5.74, 6) is -0.359. The standard InChI is InChI=1S/C28H24N2O2/c31-27(24-12-6-2-7-13-24)29-20-26(30-28(32)25-14-8-3-9-15-25)23-18-16-22(17-19-23)21-10-4-1-5-11-21/h1-19,26H,20H2,(H,29,31)(H,30,32). The van der Waals surface area contributed by atoms with Gasteiger partial charge in [0.1, 0.15) is 0 Å². The Morgan fingerprint density at radius 1 is 0.562 bits per heavy atom. The van der Waals surface area contributed by atoms with Crippen LogP contribution in [0.25, 0.3) is 11.1 Å². The fourth-order valence-corrected chi connectivity index (χ4v) is 3.51. The molecule has 1 atom stereocenters. The van der Waals surface area contributed by atoms with Crippen LogP contribution in [-0.2, 0) is 0 Å². The van der Waals surface area contributed by atoms with Gasteiger partial charge in [0.15, 0.2) is 0 Å². The van der Waals surface area contributed by atoms with Gasteiger partial charge < -0.3 is 10.6 Å². The molecule has 0 bridgehead atoms. The summed E-state index contributed by atoms with van der Waals surface area (Å²) in [5, 5.41) is 6.01. The van der Waals surface area contributed by atoms with Crippen LogP contribution in [-0.4, -0.2) is 18.4 Å². The van der Waals surface area contributed by atoms with Crippen molar-refractivity contribution in [2.75, 3.05) is 6.54 Å². The zero-order valence-electron chi connectivity index (χ0n) is 17.6. The van der Waals surface area contributed by atoms with Crippen molar-refractivity contribution in [1.82, 2.24) is 10.6 Å². The van der Waals surface area contributed by atoms with Crippen LogP contribution in [0.2, 0.25) is 0 Å². The first-order valence-corrected chi connectivity index (χ1v) is 10.6. The molecule has 2 N–H and O–H groups in total. The van der Waals surface area contributed by atoms with Crippen molar-refractivity contribution in [3.05, 3.63) is 132 Å². The van der Waals surface area contributed by atoms with Gasteiger partial charge in [-0.25, -0.2) is 0 Å². The lowest BCUT2D eigenvalue weighted by molar-refractivity contribution is 0.0908. The third-order valence-corrected chi connectivity index (χ3v) is 5.26. The maximum absolute atomic E-state index is 12.8. The molecule has 0 fully saturated rings. The summed E-state index contributed by atoms with van der Waals surface area (Å²) in [6.07, 6.45) is 0. The summed E-state index contributed by atoms with van der Waals surface area (Å²) in [7, 11) is 0. The normalized spacial score (nSPS) is 11.4. The molecule has 4 aromatic rings. The first-order chi connectivity index (χ1) is 15.7. The third-order valence-electron chi connectivity index (χ3n) is 5.26. The van der Waals surface area contributed by atoms with E-state index in [1.165, 1.54) is 0 Å². The lowest BCUT2D eigenvalue weighted by atomic mass is 10.00. The average Bonchev–Trinajstić information content (AvgIpc) is 2.88. The van der Waals surface area contributed by atoms with Gasteiger partial charge in [0.05, 0.1) is 6.04 Å². The zero-order valence-corrected chi connectivity index (χ0v) is 17.6. The van der Waals surface area contributed by atoms with E-state index in [0.29, 0.717) is 11.1 Å². The van der Waals surface area contributed by atoms with Crippen LogP contribution in [0.3, 0.4) is 0 Å². The van der Waals surface area contributed by atoms with Gasteiger partial charge in [-0.3, -0.25) is 9.59 Å². The molecule has 4 rings (SSSR count). The molecular formula is C28H24N2O2. The van der Waals surface area contributed by atoms with Gasteiger partial charge >= 0.3 is 0 Å². The van der Waals surface area contributed by atoms with Gasteiger partial charge in [-0.15, -0.1) is 0 Å². The van der Waals surface area contributed by atoms with Crippen LogP contribution in [0.5, 0.6) is 0 Å². The van der Waals surface area contributed by atoms with E-state index in [1.54, 1.807) is 24.3 Å². The molecule has 0 heterocycles. The highest BCUT2D eigenvalue weighted by Crippen LogP contribution is 2.22. The van der Waals surface area contributed by atoms with Gasteiger partial charge in [0.2, 0.25) is 0 Å². The maximum atomic E-state index is 12.8. The van der Waals surface area contributed by atoms with Gasteiger partial charge in [0, 0.05) is 17.7 Å².